The summed E-state index contributed by atoms with van der Waals surface area (Å²) in [6, 6.07) is 5.69. The molecule has 0 spiro atoms. The molecule has 106 valence electrons. The molecule has 19 heavy (non-hydrogen) atoms. The van der Waals surface area contributed by atoms with Crippen molar-refractivity contribution in [2.24, 2.45) is 5.92 Å². The Hall–Kier alpha value is -0.300. The van der Waals surface area contributed by atoms with Gasteiger partial charge in [-0.2, -0.15) is 0 Å². The van der Waals surface area contributed by atoms with Crippen molar-refractivity contribution in [2.45, 2.75) is 39.0 Å². The van der Waals surface area contributed by atoms with Crippen LogP contribution in [0.15, 0.2) is 18.2 Å². The van der Waals surface area contributed by atoms with E-state index in [-0.39, 0.29) is 5.75 Å². The van der Waals surface area contributed by atoms with Crippen LogP contribution in [0.5, 0.6) is 0 Å². The number of benzene rings is 1. The number of nitrogens with one attached hydrogen (secondary N) is 1. The van der Waals surface area contributed by atoms with Gasteiger partial charge >= 0.3 is 0 Å². The highest BCUT2D eigenvalue weighted by Crippen LogP contribution is 2.26. The first-order chi connectivity index (χ1) is 8.98. The first kappa shape index (κ1) is 15.1. The quantitative estimate of drug-likeness (QED) is 0.789. The van der Waals surface area contributed by atoms with Gasteiger partial charge in [0.2, 0.25) is 10.0 Å². The van der Waals surface area contributed by atoms with Gasteiger partial charge in [-0.1, -0.05) is 25.3 Å². The van der Waals surface area contributed by atoms with E-state index in [1.807, 2.05) is 25.1 Å². The van der Waals surface area contributed by atoms with Gasteiger partial charge < -0.3 is 0 Å². The molecule has 0 heterocycles. The molecule has 1 saturated carbocycles. The van der Waals surface area contributed by atoms with Crippen molar-refractivity contribution in [1.29, 1.82) is 0 Å². The first-order valence-electron chi connectivity index (χ1n) is 6.73. The average molecular weight is 393 g/mol. The zero-order valence-corrected chi connectivity index (χ0v) is 14.1. The third kappa shape index (κ3) is 4.34. The first-order valence-corrected chi connectivity index (χ1v) is 9.46. The van der Waals surface area contributed by atoms with Gasteiger partial charge in [-0.3, -0.25) is 4.72 Å². The number of hydrogen-bond acceptors (Lipinski definition) is 2. The highest BCUT2D eigenvalue weighted by molar-refractivity contribution is 14.1. The predicted molar refractivity (Wildman–Crippen MR) is 87.9 cm³/mol. The molecule has 0 saturated heterocycles. The fraction of sp³-hybridized carbons (Fsp3) is 0.571. The van der Waals surface area contributed by atoms with Crippen LogP contribution in [0.25, 0.3) is 0 Å². The predicted octanol–water partition coefficient (Wildman–Crippen LogP) is 3.92. The van der Waals surface area contributed by atoms with Crippen LogP contribution in [-0.4, -0.2) is 14.2 Å². The summed E-state index contributed by atoms with van der Waals surface area (Å²) < 4.78 is 28.3. The highest BCUT2D eigenvalue weighted by Gasteiger charge is 2.21. The normalized spacial score (nSPS) is 17.4. The zero-order chi connectivity index (χ0) is 13.9. The summed E-state index contributed by atoms with van der Waals surface area (Å²) >= 11 is 2.22. The van der Waals surface area contributed by atoms with Gasteiger partial charge in [0.25, 0.3) is 0 Å². The maximum absolute atomic E-state index is 12.2. The maximum Gasteiger partial charge on any atom is 0.233 e. The summed E-state index contributed by atoms with van der Waals surface area (Å²) in [5.41, 5.74) is 1.71. The largest absolute Gasteiger partial charge is 0.283 e. The number of hydrogen-bond donors (Lipinski definition) is 1. The minimum atomic E-state index is -3.23. The van der Waals surface area contributed by atoms with Gasteiger partial charge in [0.05, 0.1) is 11.4 Å². The van der Waals surface area contributed by atoms with Crippen molar-refractivity contribution in [2.75, 3.05) is 10.5 Å². The second-order valence-corrected chi connectivity index (χ2v) is 8.23. The SMILES string of the molecule is Cc1c(I)cccc1NS(=O)(=O)CC1CCCCC1. The van der Waals surface area contributed by atoms with E-state index in [1.165, 1.54) is 19.3 Å². The van der Waals surface area contributed by atoms with E-state index in [4.69, 9.17) is 0 Å². The smallest absolute Gasteiger partial charge is 0.233 e. The van der Waals surface area contributed by atoms with Crippen molar-refractivity contribution in [3.05, 3.63) is 27.3 Å². The van der Waals surface area contributed by atoms with E-state index in [0.29, 0.717) is 11.6 Å². The molecule has 1 aliphatic carbocycles. The zero-order valence-electron chi connectivity index (χ0n) is 11.2. The number of anilines is 1. The molecule has 1 aromatic rings. The lowest BCUT2D eigenvalue weighted by atomic mass is 9.91. The monoisotopic (exact) mass is 393 g/mol. The summed E-state index contributed by atoms with van der Waals surface area (Å²) in [6.07, 6.45) is 5.68. The van der Waals surface area contributed by atoms with E-state index >= 15 is 0 Å². The molecule has 0 bridgehead atoms. The van der Waals surface area contributed by atoms with Crippen LogP contribution >= 0.6 is 22.6 Å². The fourth-order valence-electron chi connectivity index (χ4n) is 2.59. The summed E-state index contributed by atoms with van der Waals surface area (Å²) in [6.45, 7) is 1.94. The Bertz CT molecular complexity index is 536. The molecule has 0 aliphatic heterocycles. The Morgan fingerprint density at radius 3 is 2.63 bits per heavy atom. The van der Waals surface area contributed by atoms with E-state index in [1.54, 1.807) is 0 Å². The molecule has 0 unspecified atom stereocenters. The topological polar surface area (TPSA) is 46.2 Å². The van der Waals surface area contributed by atoms with E-state index in [0.717, 1.165) is 22.0 Å². The number of sulfonamides is 1. The third-order valence-electron chi connectivity index (χ3n) is 3.71. The van der Waals surface area contributed by atoms with Gasteiger partial charge in [0, 0.05) is 3.57 Å². The molecule has 1 N–H and O–H groups in total. The maximum atomic E-state index is 12.2. The molecule has 1 aromatic carbocycles. The van der Waals surface area contributed by atoms with Gasteiger partial charge in [-0.25, -0.2) is 8.42 Å². The van der Waals surface area contributed by atoms with Crippen molar-refractivity contribution in [3.63, 3.8) is 0 Å². The average Bonchev–Trinajstić information content (AvgIpc) is 2.35. The summed E-state index contributed by atoms with van der Waals surface area (Å²) in [5, 5.41) is 0. The third-order valence-corrected chi connectivity index (χ3v) is 6.32. The van der Waals surface area contributed by atoms with Gasteiger partial charge in [0.15, 0.2) is 0 Å². The fourth-order valence-corrected chi connectivity index (χ4v) is 4.68. The minimum absolute atomic E-state index is 0.262. The second-order valence-electron chi connectivity index (χ2n) is 5.30. The van der Waals surface area contributed by atoms with Crippen LogP contribution in [-0.2, 0) is 10.0 Å². The van der Waals surface area contributed by atoms with Crippen LogP contribution in [0.4, 0.5) is 5.69 Å². The Kier molecular flexibility index (Phi) is 5.11. The molecular formula is C14H20INO2S. The van der Waals surface area contributed by atoms with Gasteiger partial charge in [-0.05, 0) is 66.0 Å². The second kappa shape index (κ2) is 6.43. The lowest BCUT2D eigenvalue weighted by Crippen LogP contribution is -2.24. The molecule has 0 radical (unpaired) electrons. The molecule has 0 aromatic heterocycles. The number of rotatable bonds is 4. The van der Waals surface area contributed by atoms with Gasteiger partial charge in [0.1, 0.15) is 0 Å². The summed E-state index contributed by atoms with van der Waals surface area (Å²) in [5.74, 6) is 0.590. The van der Waals surface area contributed by atoms with Crippen LogP contribution < -0.4 is 4.72 Å². The van der Waals surface area contributed by atoms with Crippen LogP contribution in [0.1, 0.15) is 37.7 Å². The molecular weight excluding hydrogens is 373 g/mol. The van der Waals surface area contributed by atoms with E-state index in [9.17, 15) is 8.42 Å². The lowest BCUT2D eigenvalue weighted by molar-refractivity contribution is 0.385. The van der Waals surface area contributed by atoms with E-state index < -0.39 is 10.0 Å². The van der Waals surface area contributed by atoms with Crippen molar-refractivity contribution in [3.8, 4) is 0 Å². The van der Waals surface area contributed by atoms with Crippen molar-refractivity contribution >= 4 is 38.3 Å². The summed E-state index contributed by atoms with van der Waals surface area (Å²) in [4.78, 5) is 0. The number of halogens is 1. The molecule has 1 aliphatic rings. The lowest BCUT2D eigenvalue weighted by Gasteiger charge is -2.22. The van der Waals surface area contributed by atoms with Crippen molar-refractivity contribution in [1.82, 2.24) is 0 Å². The Morgan fingerprint density at radius 1 is 1.26 bits per heavy atom. The summed E-state index contributed by atoms with van der Waals surface area (Å²) in [7, 11) is -3.23. The van der Waals surface area contributed by atoms with Crippen LogP contribution in [0.2, 0.25) is 0 Å². The van der Waals surface area contributed by atoms with Crippen LogP contribution in [0.3, 0.4) is 0 Å². The molecule has 3 nitrogen and oxygen atoms in total. The van der Waals surface area contributed by atoms with Gasteiger partial charge in [-0.15, -0.1) is 0 Å². The molecule has 2 rings (SSSR count). The van der Waals surface area contributed by atoms with E-state index in [2.05, 4.69) is 27.3 Å². The Balaban J connectivity index is 2.06. The highest BCUT2D eigenvalue weighted by atomic mass is 127. The van der Waals surface area contributed by atoms with Crippen LogP contribution in [0, 0.1) is 16.4 Å². The Labute approximate surface area is 129 Å². The molecule has 0 amide bonds. The molecule has 5 heteroatoms. The van der Waals surface area contributed by atoms with Crippen molar-refractivity contribution < 1.29 is 8.42 Å². The molecule has 1 fully saturated rings. The Morgan fingerprint density at radius 2 is 1.95 bits per heavy atom. The minimum Gasteiger partial charge on any atom is -0.283 e. The standard InChI is InChI=1S/C14H20INO2S/c1-11-13(15)8-5-9-14(11)16-19(17,18)10-12-6-3-2-4-7-12/h5,8-9,12,16H,2-4,6-7,10H2,1H3. The molecule has 0 atom stereocenters.